The summed E-state index contributed by atoms with van der Waals surface area (Å²) in [5.41, 5.74) is 0.798. The highest BCUT2D eigenvalue weighted by Gasteiger charge is 2.39. The average Bonchev–Trinajstić information content (AvgIpc) is 3.36. The van der Waals surface area contributed by atoms with Gasteiger partial charge in [-0.05, 0) is 55.7 Å². The first kappa shape index (κ1) is 15.7. The summed E-state index contributed by atoms with van der Waals surface area (Å²) in [6.45, 7) is 0.570. The second-order valence-corrected chi connectivity index (χ2v) is 6.52. The second kappa shape index (κ2) is 6.59. The van der Waals surface area contributed by atoms with Gasteiger partial charge in [0, 0.05) is 18.3 Å². The Hall–Kier alpha value is -2.82. The van der Waals surface area contributed by atoms with Crippen LogP contribution in [0.1, 0.15) is 19.3 Å². The summed E-state index contributed by atoms with van der Waals surface area (Å²) in [5.74, 6) is 0.684. The van der Waals surface area contributed by atoms with Gasteiger partial charge in [-0.15, -0.1) is 0 Å². The molecule has 2 fully saturated rings. The minimum absolute atomic E-state index is 0.116. The van der Waals surface area contributed by atoms with E-state index in [1.165, 1.54) is 0 Å². The zero-order chi connectivity index (χ0) is 17.2. The molecule has 1 heterocycles. The van der Waals surface area contributed by atoms with E-state index in [0.29, 0.717) is 18.7 Å². The molecule has 2 aromatic rings. The Morgan fingerprint density at radius 1 is 0.960 bits per heavy atom. The second-order valence-electron chi connectivity index (χ2n) is 6.52. The van der Waals surface area contributed by atoms with Gasteiger partial charge < -0.3 is 15.0 Å². The SMILES string of the molecule is O=C(NC1CC1)C1CCN(c2ccc(Oc3ccccc3)cc2)C1=O. The van der Waals surface area contributed by atoms with Gasteiger partial charge in [0.05, 0.1) is 0 Å². The van der Waals surface area contributed by atoms with Crippen LogP contribution >= 0.6 is 0 Å². The van der Waals surface area contributed by atoms with Crippen LogP contribution in [0, 0.1) is 5.92 Å². The van der Waals surface area contributed by atoms with Crippen molar-refractivity contribution in [3.63, 3.8) is 0 Å². The number of carbonyl (C=O) groups excluding carboxylic acids is 2. The van der Waals surface area contributed by atoms with Crippen LogP contribution in [-0.2, 0) is 9.59 Å². The fourth-order valence-electron chi connectivity index (χ4n) is 3.03. The summed E-state index contributed by atoms with van der Waals surface area (Å²) < 4.78 is 5.77. The summed E-state index contributed by atoms with van der Waals surface area (Å²) in [4.78, 5) is 26.4. The first-order valence-electron chi connectivity index (χ1n) is 8.65. The minimum Gasteiger partial charge on any atom is -0.457 e. The first-order valence-corrected chi connectivity index (χ1v) is 8.65. The van der Waals surface area contributed by atoms with Crippen LogP contribution < -0.4 is 15.0 Å². The van der Waals surface area contributed by atoms with E-state index in [9.17, 15) is 9.59 Å². The molecule has 1 aliphatic heterocycles. The first-order chi connectivity index (χ1) is 12.2. The Morgan fingerprint density at radius 2 is 1.64 bits per heavy atom. The number of para-hydroxylation sites is 1. The van der Waals surface area contributed by atoms with Crippen LogP contribution in [0.2, 0.25) is 0 Å². The maximum Gasteiger partial charge on any atom is 0.239 e. The highest BCUT2D eigenvalue weighted by Crippen LogP contribution is 2.29. The lowest BCUT2D eigenvalue weighted by atomic mass is 10.1. The van der Waals surface area contributed by atoms with Crippen molar-refractivity contribution in [2.45, 2.75) is 25.3 Å². The van der Waals surface area contributed by atoms with E-state index in [0.717, 1.165) is 24.3 Å². The molecule has 2 aliphatic rings. The number of hydrogen-bond acceptors (Lipinski definition) is 3. The van der Waals surface area contributed by atoms with Gasteiger partial charge in [0.2, 0.25) is 11.8 Å². The topological polar surface area (TPSA) is 58.6 Å². The van der Waals surface area contributed by atoms with Crippen molar-refractivity contribution in [3.8, 4) is 11.5 Å². The van der Waals surface area contributed by atoms with Gasteiger partial charge in [0.25, 0.3) is 0 Å². The normalized spacial score (nSPS) is 19.8. The predicted molar refractivity (Wildman–Crippen MR) is 94.6 cm³/mol. The van der Waals surface area contributed by atoms with E-state index in [2.05, 4.69) is 5.32 Å². The molecule has 2 amide bonds. The van der Waals surface area contributed by atoms with Crippen molar-refractivity contribution in [1.82, 2.24) is 5.32 Å². The molecule has 0 aromatic heterocycles. The summed E-state index contributed by atoms with van der Waals surface area (Å²) in [5, 5.41) is 2.93. The van der Waals surface area contributed by atoms with Crippen molar-refractivity contribution in [2.24, 2.45) is 5.92 Å². The molecular weight excluding hydrogens is 316 g/mol. The van der Waals surface area contributed by atoms with E-state index >= 15 is 0 Å². The smallest absolute Gasteiger partial charge is 0.239 e. The predicted octanol–water partition coefficient (Wildman–Crippen LogP) is 3.11. The molecule has 0 bridgehead atoms. The van der Waals surface area contributed by atoms with Crippen molar-refractivity contribution < 1.29 is 14.3 Å². The van der Waals surface area contributed by atoms with E-state index in [1.54, 1.807) is 4.90 Å². The molecule has 1 saturated carbocycles. The van der Waals surface area contributed by atoms with Crippen molar-refractivity contribution in [1.29, 1.82) is 0 Å². The van der Waals surface area contributed by atoms with Crippen LogP contribution in [0.3, 0.4) is 0 Å². The molecule has 5 nitrogen and oxygen atoms in total. The number of ether oxygens (including phenoxy) is 1. The minimum atomic E-state index is -0.555. The van der Waals surface area contributed by atoms with Gasteiger partial charge in [-0.1, -0.05) is 18.2 Å². The largest absolute Gasteiger partial charge is 0.457 e. The monoisotopic (exact) mass is 336 g/mol. The summed E-state index contributed by atoms with van der Waals surface area (Å²) >= 11 is 0. The van der Waals surface area contributed by atoms with Crippen LogP contribution in [0.5, 0.6) is 11.5 Å². The average molecular weight is 336 g/mol. The zero-order valence-electron chi connectivity index (χ0n) is 13.9. The number of rotatable bonds is 5. The van der Waals surface area contributed by atoms with Crippen LogP contribution in [0.15, 0.2) is 54.6 Å². The molecule has 1 aliphatic carbocycles. The number of nitrogens with one attached hydrogen (secondary N) is 1. The lowest BCUT2D eigenvalue weighted by Gasteiger charge is -2.17. The molecule has 2 aromatic carbocycles. The molecule has 1 unspecified atom stereocenters. The summed E-state index contributed by atoms with van der Waals surface area (Å²) in [6.07, 6.45) is 2.62. The van der Waals surface area contributed by atoms with Gasteiger partial charge in [-0.3, -0.25) is 9.59 Å². The Bertz CT molecular complexity index is 769. The molecule has 1 saturated heterocycles. The maximum absolute atomic E-state index is 12.6. The zero-order valence-corrected chi connectivity index (χ0v) is 13.9. The van der Waals surface area contributed by atoms with Gasteiger partial charge in [-0.25, -0.2) is 0 Å². The Kier molecular flexibility index (Phi) is 4.14. The Balaban J connectivity index is 1.41. The molecule has 25 heavy (non-hydrogen) atoms. The molecule has 0 spiro atoms. The third-order valence-electron chi connectivity index (χ3n) is 4.57. The fourth-order valence-corrected chi connectivity index (χ4v) is 3.03. The molecule has 5 heteroatoms. The standard InChI is InChI=1S/C20H20N2O3/c23-19(21-14-6-7-14)18-12-13-22(20(18)24)15-8-10-17(11-9-15)25-16-4-2-1-3-5-16/h1-5,8-11,14,18H,6-7,12-13H2,(H,21,23). The number of anilines is 1. The molecule has 4 rings (SSSR count). The third-order valence-corrected chi connectivity index (χ3v) is 4.57. The summed E-state index contributed by atoms with van der Waals surface area (Å²) in [6, 6.07) is 17.2. The van der Waals surface area contributed by atoms with Gasteiger partial charge in [-0.2, -0.15) is 0 Å². The van der Waals surface area contributed by atoms with E-state index in [4.69, 9.17) is 4.74 Å². The number of benzene rings is 2. The number of amides is 2. The van der Waals surface area contributed by atoms with Crippen molar-refractivity contribution in [2.75, 3.05) is 11.4 Å². The molecule has 1 N–H and O–H groups in total. The van der Waals surface area contributed by atoms with E-state index < -0.39 is 5.92 Å². The third kappa shape index (κ3) is 3.50. The van der Waals surface area contributed by atoms with Crippen molar-refractivity contribution >= 4 is 17.5 Å². The molecular formula is C20H20N2O3. The maximum atomic E-state index is 12.6. The Labute approximate surface area is 146 Å². The van der Waals surface area contributed by atoms with Gasteiger partial charge in [0.15, 0.2) is 0 Å². The lowest BCUT2D eigenvalue weighted by molar-refractivity contribution is -0.132. The van der Waals surface area contributed by atoms with Crippen LogP contribution in [0.25, 0.3) is 0 Å². The highest BCUT2D eigenvalue weighted by molar-refractivity contribution is 6.09. The van der Waals surface area contributed by atoms with Gasteiger partial charge >= 0.3 is 0 Å². The van der Waals surface area contributed by atoms with Crippen LogP contribution in [0.4, 0.5) is 5.69 Å². The number of hydrogen-bond donors (Lipinski definition) is 1. The van der Waals surface area contributed by atoms with Crippen LogP contribution in [-0.4, -0.2) is 24.4 Å². The molecule has 1 atom stereocenters. The quantitative estimate of drug-likeness (QED) is 0.854. The van der Waals surface area contributed by atoms with E-state index in [-0.39, 0.29) is 17.9 Å². The molecule has 0 radical (unpaired) electrons. The number of nitrogens with zero attached hydrogens (tertiary/aromatic N) is 1. The Morgan fingerprint density at radius 3 is 2.32 bits per heavy atom. The van der Waals surface area contributed by atoms with Gasteiger partial charge in [0.1, 0.15) is 17.4 Å². The molecule has 128 valence electrons. The fraction of sp³-hybridized carbons (Fsp3) is 0.300. The lowest BCUT2D eigenvalue weighted by Crippen LogP contribution is -2.37. The van der Waals surface area contributed by atoms with Crippen molar-refractivity contribution in [3.05, 3.63) is 54.6 Å². The van der Waals surface area contributed by atoms with E-state index in [1.807, 2.05) is 54.6 Å². The highest BCUT2D eigenvalue weighted by atomic mass is 16.5. The number of carbonyl (C=O) groups is 2. The summed E-state index contributed by atoms with van der Waals surface area (Å²) in [7, 11) is 0.